The zero-order chi connectivity index (χ0) is 14.7. The lowest BCUT2D eigenvalue weighted by Crippen LogP contribution is -2.37. The van der Waals surface area contributed by atoms with Crippen molar-refractivity contribution in [1.82, 2.24) is 5.32 Å². The maximum atomic E-state index is 11.2. The van der Waals surface area contributed by atoms with Gasteiger partial charge in [-0.2, -0.15) is 0 Å². The number of nitrogens with two attached hydrogens (primary N) is 1. The molecule has 1 unspecified atom stereocenters. The van der Waals surface area contributed by atoms with Crippen molar-refractivity contribution in [2.75, 3.05) is 25.1 Å². The van der Waals surface area contributed by atoms with E-state index in [4.69, 9.17) is 18.0 Å². The summed E-state index contributed by atoms with van der Waals surface area (Å²) in [4.78, 5) is 13.8. The Morgan fingerprint density at radius 2 is 2.35 bits per heavy atom. The van der Waals surface area contributed by atoms with Crippen LogP contribution in [0.3, 0.4) is 0 Å². The monoisotopic (exact) mass is 357 g/mol. The smallest absolute Gasteiger partial charge is 0.407 e. The van der Waals surface area contributed by atoms with E-state index in [2.05, 4.69) is 30.9 Å². The van der Waals surface area contributed by atoms with E-state index in [1.54, 1.807) is 0 Å². The Labute approximate surface area is 131 Å². The van der Waals surface area contributed by atoms with Gasteiger partial charge in [-0.05, 0) is 24.6 Å². The fourth-order valence-corrected chi connectivity index (χ4v) is 2.83. The number of ether oxygens (including phenoxy) is 1. The summed E-state index contributed by atoms with van der Waals surface area (Å²) in [7, 11) is 1.36. The van der Waals surface area contributed by atoms with Crippen LogP contribution in [0.25, 0.3) is 0 Å². The fraction of sp³-hybridized carbons (Fsp3) is 0.385. The number of nitrogens with zero attached hydrogens (tertiary/aromatic N) is 1. The third kappa shape index (κ3) is 3.40. The molecule has 5 nitrogen and oxygen atoms in total. The summed E-state index contributed by atoms with van der Waals surface area (Å²) in [6, 6.07) is 5.93. The fourth-order valence-electron chi connectivity index (χ4n) is 2.30. The number of halogens is 1. The van der Waals surface area contributed by atoms with E-state index >= 15 is 0 Å². The van der Waals surface area contributed by atoms with Gasteiger partial charge >= 0.3 is 6.09 Å². The number of thiocarbonyl (C=S) groups is 1. The van der Waals surface area contributed by atoms with E-state index in [1.807, 2.05) is 18.2 Å². The Morgan fingerprint density at radius 1 is 1.60 bits per heavy atom. The molecule has 2 rings (SSSR count). The molecule has 0 aliphatic carbocycles. The van der Waals surface area contributed by atoms with Gasteiger partial charge in [-0.15, -0.1) is 0 Å². The molecule has 1 fully saturated rings. The number of alkyl carbamates (subject to hydrolysis) is 1. The minimum atomic E-state index is -0.401. The number of carbonyl (C=O) groups is 1. The second-order valence-electron chi connectivity index (χ2n) is 4.59. The molecule has 0 saturated carbocycles. The van der Waals surface area contributed by atoms with Crippen molar-refractivity contribution in [2.45, 2.75) is 12.5 Å². The molecule has 1 amide bonds. The first-order valence-corrected chi connectivity index (χ1v) is 7.40. The van der Waals surface area contributed by atoms with Crippen molar-refractivity contribution in [1.29, 1.82) is 0 Å². The van der Waals surface area contributed by atoms with Crippen LogP contribution >= 0.6 is 28.1 Å². The quantitative estimate of drug-likeness (QED) is 0.810. The molecule has 7 heteroatoms. The van der Waals surface area contributed by atoms with Crippen LogP contribution in [0.4, 0.5) is 10.5 Å². The van der Waals surface area contributed by atoms with Crippen LogP contribution in [0, 0.1) is 0 Å². The van der Waals surface area contributed by atoms with Gasteiger partial charge in [0.25, 0.3) is 0 Å². The van der Waals surface area contributed by atoms with E-state index in [9.17, 15) is 4.79 Å². The first-order valence-electron chi connectivity index (χ1n) is 6.20. The summed E-state index contributed by atoms with van der Waals surface area (Å²) in [5, 5.41) is 2.81. The molecule has 1 heterocycles. The number of anilines is 1. The minimum Gasteiger partial charge on any atom is -0.453 e. The first-order chi connectivity index (χ1) is 9.51. The molecule has 0 bridgehead atoms. The summed E-state index contributed by atoms with van der Waals surface area (Å²) in [5.41, 5.74) is 7.62. The van der Waals surface area contributed by atoms with E-state index in [0.717, 1.165) is 28.7 Å². The predicted octanol–water partition coefficient (Wildman–Crippen LogP) is 2.02. The maximum absolute atomic E-state index is 11.2. The van der Waals surface area contributed by atoms with Gasteiger partial charge in [0.2, 0.25) is 0 Å². The zero-order valence-corrected chi connectivity index (χ0v) is 13.5. The van der Waals surface area contributed by atoms with Gasteiger partial charge in [0.05, 0.1) is 13.2 Å². The van der Waals surface area contributed by atoms with Gasteiger partial charge in [-0.25, -0.2) is 4.79 Å². The molecule has 1 saturated heterocycles. The molecule has 0 aromatic heterocycles. The number of methoxy groups -OCH3 is 1. The van der Waals surface area contributed by atoms with Crippen molar-refractivity contribution in [3.8, 4) is 0 Å². The maximum Gasteiger partial charge on any atom is 0.407 e. The summed E-state index contributed by atoms with van der Waals surface area (Å²) < 4.78 is 5.55. The van der Waals surface area contributed by atoms with Crippen LogP contribution in [0.15, 0.2) is 22.7 Å². The Morgan fingerprint density at radius 3 is 3.00 bits per heavy atom. The lowest BCUT2D eigenvalue weighted by Gasteiger charge is -2.22. The van der Waals surface area contributed by atoms with Gasteiger partial charge < -0.3 is 20.7 Å². The van der Waals surface area contributed by atoms with Crippen molar-refractivity contribution in [2.24, 2.45) is 5.73 Å². The third-order valence-corrected chi connectivity index (χ3v) is 3.97. The van der Waals surface area contributed by atoms with Crippen LogP contribution in [-0.4, -0.2) is 37.3 Å². The lowest BCUT2D eigenvalue weighted by molar-refractivity contribution is 0.167. The molecule has 1 aromatic carbocycles. The highest BCUT2D eigenvalue weighted by Gasteiger charge is 2.26. The molecule has 1 aliphatic rings. The van der Waals surface area contributed by atoms with E-state index in [0.29, 0.717) is 11.5 Å². The molecule has 3 N–H and O–H groups in total. The molecule has 1 aromatic rings. The number of hydrogen-bond donors (Lipinski definition) is 2. The van der Waals surface area contributed by atoms with Gasteiger partial charge in [-0.3, -0.25) is 0 Å². The normalized spacial score (nSPS) is 17.9. The standard InChI is InChI=1S/C13H16BrN3O2S/c1-19-13(18)16-9-4-5-17(7-9)11-3-2-8(14)6-10(11)12(15)20/h2-3,6,9H,4-5,7H2,1H3,(H2,15,20)(H,16,18). The number of benzene rings is 1. The number of carbonyl (C=O) groups excluding carboxylic acids is 1. The Kier molecular flexibility index (Phi) is 4.82. The second-order valence-corrected chi connectivity index (χ2v) is 5.95. The topological polar surface area (TPSA) is 67.6 Å². The van der Waals surface area contributed by atoms with Crippen molar-refractivity contribution >= 4 is 44.9 Å². The number of rotatable bonds is 3. The average Bonchev–Trinajstić information content (AvgIpc) is 2.86. The van der Waals surface area contributed by atoms with Crippen molar-refractivity contribution in [3.05, 3.63) is 28.2 Å². The number of amides is 1. The summed E-state index contributed by atoms with van der Waals surface area (Å²) >= 11 is 8.52. The van der Waals surface area contributed by atoms with E-state index < -0.39 is 6.09 Å². The predicted molar refractivity (Wildman–Crippen MR) is 86.2 cm³/mol. The molecule has 1 aliphatic heterocycles. The van der Waals surface area contributed by atoms with Crippen LogP contribution in [0.2, 0.25) is 0 Å². The van der Waals surface area contributed by atoms with E-state index in [1.165, 1.54) is 7.11 Å². The summed E-state index contributed by atoms with van der Waals surface area (Å²) in [6.07, 6.45) is 0.462. The Balaban J connectivity index is 2.14. The molecule has 0 radical (unpaired) electrons. The molecule has 20 heavy (non-hydrogen) atoms. The summed E-state index contributed by atoms with van der Waals surface area (Å²) in [6.45, 7) is 1.55. The Hall–Kier alpha value is -1.34. The van der Waals surface area contributed by atoms with Crippen LogP contribution in [0.5, 0.6) is 0 Å². The van der Waals surface area contributed by atoms with Crippen LogP contribution in [-0.2, 0) is 4.74 Å². The number of nitrogens with one attached hydrogen (secondary N) is 1. The minimum absolute atomic E-state index is 0.0743. The lowest BCUT2D eigenvalue weighted by atomic mass is 10.1. The molecule has 0 spiro atoms. The van der Waals surface area contributed by atoms with Crippen molar-refractivity contribution < 1.29 is 9.53 Å². The first kappa shape index (κ1) is 15.1. The second kappa shape index (κ2) is 6.41. The highest BCUT2D eigenvalue weighted by molar-refractivity contribution is 9.10. The van der Waals surface area contributed by atoms with E-state index in [-0.39, 0.29) is 6.04 Å². The van der Waals surface area contributed by atoms with Gasteiger partial charge in [0, 0.05) is 28.8 Å². The largest absolute Gasteiger partial charge is 0.453 e. The average molecular weight is 358 g/mol. The van der Waals surface area contributed by atoms with Crippen LogP contribution < -0.4 is 16.0 Å². The van der Waals surface area contributed by atoms with Crippen LogP contribution in [0.1, 0.15) is 12.0 Å². The molecular weight excluding hydrogens is 342 g/mol. The molecule has 108 valence electrons. The highest BCUT2D eigenvalue weighted by Crippen LogP contribution is 2.27. The van der Waals surface area contributed by atoms with Gasteiger partial charge in [-0.1, -0.05) is 28.1 Å². The van der Waals surface area contributed by atoms with Crippen molar-refractivity contribution in [3.63, 3.8) is 0 Å². The zero-order valence-electron chi connectivity index (χ0n) is 11.1. The molecular formula is C13H16BrN3O2S. The highest BCUT2D eigenvalue weighted by atomic mass is 79.9. The summed E-state index contributed by atoms with van der Waals surface area (Å²) in [5.74, 6) is 0. The Bertz CT molecular complexity index is 538. The van der Waals surface area contributed by atoms with Gasteiger partial charge in [0.1, 0.15) is 4.99 Å². The number of hydrogen-bond acceptors (Lipinski definition) is 4. The van der Waals surface area contributed by atoms with Gasteiger partial charge in [0.15, 0.2) is 0 Å². The molecule has 1 atom stereocenters. The SMILES string of the molecule is COC(=O)NC1CCN(c2ccc(Br)cc2C(N)=S)C1. The third-order valence-electron chi connectivity index (χ3n) is 3.26.